The van der Waals surface area contributed by atoms with Crippen LogP contribution in [0.4, 0.5) is 0 Å². The summed E-state index contributed by atoms with van der Waals surface area (Å²) >= 11 is 0. The number of aryl methyl sites for hydroxylation is 1. The second-order valence-corrected chi connectivity index (χ2v) is 6.39. The van der Waals surface area contributed by atoms with E-state index in [0.717, 1.165) is 30.8 Å². The number of benzene rings is 1. The van der Waals surface area contributed by atoms with Crippen LogP contribution < -0.4 is 5.32 Å². The molecule has 1 fully saturated rings. The van der Waals surface area contributed by atoms with E-state index in [0.29, 0.717) is 0 Å². The van der Waals surface area contributed by atoms with Gasteiger partial charge in [-0.05, 0) is 61.6 Å². The molecular formula is C19H31N. The van der Waals surface area contributed by atoms with Crippen molar-refractivity contribution in [2.45, 2.75) is 65.3 Å². The van der Waals surface area contributed by atoms with Crippen molar-refractivity contribution in [3.05, 3.63) is 35.4 Å². The maximum atomic E-state index is 3.72. The van der Waals surface area contributed by atoms with E-state index in [4.69, 9.17) is 0 Å². The summed E-state index contributed by atoms with van der Waals surface area (Å²) < 4.78 is 0. The SMILES string of the molecule is CCNC1CCC(CC)CC1Cc1ccc(CC)cc1. The highest BCUT2D eigenvalue weighted by molar-refractivity contribution is 5.23. The molecule has 1 heteroatoms. The average Bonchev–Trinajstić information content (AvgIpc) is 2.50. The Morgan fingerprint density at radius 1 is 1.00 bits per heavy atom. The summed E-state index contributed by atoms with van der Waals surface area (Å²) in [5, 5.41) is 3.72. The van der Waals surface area contributed by atoms with Crippen molar-refractivity contribution in [2.24, 2.45) is 11.8 Å². The zero-order valence-electron chi connectivity index (χ0n) is 13.5. The standard InChI is InChI=1S/C19H31N/c1-4-15-7-9-17(10-8-15)14-18-13-16(5-2)11-12-19(18)20-6-3/h7-10,16,18-20H,4-6,11-14H2,1-3H3. The minimum absolute atomic E-state index is 0.730. The van der Waals surface area contributed by atoms with Gasteiger partial charge in [0.15, 0.2) is 0 Å². The van der Waals surface area contributed by atoms with E-state index < -0.39 is 0 Å². The molecule has 1 aliphatic carbocycles. The van der Waals surface area contributed by atoms with Gasteiger partial charge in [0.05, 0.1) is 0 Å². The molecule has 20 heavy (non-hydrogen) atoms. The van der Waals surface area contributed by atoms with E-state index in [1.54, 1.807) is 0 Å². The lowest BCUT2D eigenvalue weighted by Crippen LogP contribution is -2.41. The van der Waals surface area contributed by atoms with Gasteiger partial charge in [-0.3, -0.25) is 0 Å². The van der Waals surface area contributed by atoms with Crippen LogP contribution in [0.25, 0.3) is 0 Å². The Kier molecular flexibility index (Phi) is 6.09. The first-order chi connectivity index (χ1) is 9.76. The first-order valence-corrected chi connectivity index (χ1v) is 8.57. The highest BCUT2D eigenvalue weighted by Gasteiger charge is 2.29. The van der Waals surface area contributed by atoms with Crippen molar-refractivity contribution in [1.29, 1.82) is 0 Å². The molecule has 0 radical (unpaired) electrons. The predicted molar refractivity (Wildman–Crippen MR) is 88.1 cm³/mol. The van der Waals surface area contributed by atoms with E-state index in [2.05, 4.69) is 50.4 Å². The van der Waals surface area contributed by atoms with E-state index >= 15 is 0 Å². The third-order valence-electron chi connectivity index (χ3n) is 5.06. The highest BCUT2D eigenvalue weighted by atomic mass is 14.9. The Morgan fingerprint density at radius 2 is 1.70 bits per heavy atom. The van der Waals surface area contributed by atoms with Crippen LogP contribution in [0.5, 0.6) is 0 Å². The molecule has 0 heterocycles. The fourth-order valence-corrected chi connectivity index (χ4v) is 3.70. The zero-order chi connectivity index (χ0) is 14.4. The van der Waals surface area contributed by atoms with Gasteiger partial charge in [-0.1, -0.05) is 51.5 Å². The summed E-state index contributed by atoms with van der Waals surface area (Å²) in [4.78, 5) is 0. The van der Waals surface area contributed by atoms with Gasteiger partial charge in [0.2, 0.25) is 0 Å². The molecule has 0 spiro atoms. The van der Waals surface area contributed by atoms with Gasteiger partial charge in [0.1, 0.15) is 0 Å². The van der Waals surface area contributed by atoms with Crippen molar-refractivity contribution in [3.8, 4) is 0 Å². The normalized spacial score (nSPS) is 26.6. The molecule has 3 unspecified atom stereocenters. The van der Waals surface area contributed by atoms with Crippen molar-refractivity contribution < 1.29 is 0 Å². The van der Waals surface area contributed by atoms with E-state index in [9.17, 15) is 0 Å². The summed E-state index contributed by atoms with van der Waals surface area (Å²) in [6.45, 7) is 7.92. The first kappa shape index (κ1) is 15.6. The van der Waals surface area contributed by atoms with Crippen molar-refractivity contribution in [2.75, 3.05) is 6.54 Å². The van der Waals surface area contributed by atoms with Crippen LogP contribution in [0.2, 0.25) is 0 Å². The van der Waals surface area contributed by atoms with E-state index in [1.165, 1.54) is 43.2 Å². The second kappa shape index (κ2) is 7.83. The fourth-order valence-electron chi connectivity index (χ4n) is 3.70. The van der Waals surface area contributed by atoms with Crippen LogP contribution in [0.3, 0.4) is 0 Å². The van der Waals surface area contributed by atoms with Gasteiger partial charge in [0.25, 0.3) is 0 Å². The van der Waals surface area contributed by atoms with Crippen LogP contribution in [0, 0.1) is 11.8 Å². The third kappa shape index (κ3) is 4.09. The molecule has 0 saturated heterocycles. The fraction of sp³-hybridized carbons (Fsp3) is 0.684. The topological polar surface area (TPSA) is 12.0 Å². The molecular weight excluding hydrogens is 242 g/mol. The van der Waals surface area contributed by atoms with Crippen molar-refractivity contribution >= 4 is 0 Å². The molecule has 112 valence electrons. The predicted octanol–water partition coefficient (Wildman–Crippen LogP) is 4.60. The minimum Gasteiger partial charge on any atom is -0.314 e. The van der Waals surface area contributed by atoms with Gasteiger partial charge < -0.3 is 5.32 Å². The average molecular weight is 273 g/mol. The molecule has 1 aromatic carbocycles. The lowest BCUT2D eigenvalue weighted by molar-refractivity contribution is 0.200. The Hall–Kier alpha value is -0.820. The van der Waals surface area contributed by atoms with E-state index in [1.807, 2.05) is 0 Å². The van der Waals surface area contributed by atoms with Crippen LogP contribution in [-0.4, -0.2) is 12.6 Å². The van der Waals surface area contributed by atoms with Gasteiger partial charge >= 0.3 is 0 Å². The van der Waals surface area contributed by atoms with Crippen molar-refractivity contribution in [3.63, 3.8) is 0 Å². The smallest absolute Gasteiger partial charge is 0.00985 e. The molecule has 0 aliphatic heterocycles. The molecule has 0 aromatic heterocycles. The van der Waals surface area contributed by atoms with Gasteiger partial charge in [-0.25, -0.2) is 0 Å². The Balaban J connectivity index is 2.01. The van der Waals surface area contributed by atoms with Crippen LogP contribution in [-0.2, 0) is 12.8 Å². The number of hydrogen-bond donors (Lipinski definition) is 1. The summed E-state index contributed by atoms with van der Waals surface area (Å²) in [5.74, 6) is 1.77. The van der Waals surface area contributed by atoms with Crippen molar-refractivity contribution in [1.82, 2.24) is 5.32 Å². The Bertz CT molecular complexity index is 381. The Morgan fingerprint density at radius 3 is 2.30 bits per heavy atom. The molecule has 1 N–H and O–H groups in total. The number of rotatable bonds is 6. The first-order valence-electron chi connectivity index (χ1n) is 8.57. The molecule has 1 aliphatic rings. The number of nitrogens with one attached hydrogen (secondary N) is 1. The van der Waals surface area contributed by atoms with Gasteiger partial charge in [-0.15, -0.1) is 0 Å². The summed E-state index contributed by atoms with van der Waals surface area (Å²) in [6.07, 6.45) is 7.93. The largest absolute Gasteiger partial charge is 0.314 e. The summed E-state index contributed by atoms with van der Waals surface area (Å²) in [5.41, 5.74) is 2.97. The van der Waals surface area contributed by atoms with Crippen LogP contribution >= 0.6 is 0 Å². The lowest BCUT2D eigenvalue weighted by Gasteiger charge is -2.36. The molecule has 1 nitrogen and oxygen atoms in total. The van der Waals surface area contributed by atoms with Gasteiger partial charge in [0, 0.05) is 6.04 Å². The molecule has 2 rings (SSSR count). The molecule has 3 atom stereocenters. The van der Waals surface area contributed by atoms with Crippen LogP contribution in [0.1, 0.15) is 57.6 Å². The molecule has 1 aromatic rings. The minimum atomic E-state index is 0.730. The second-order valence-electron chi connectivity index (χ2n) is 6.39. The maximum absolute atomic E-state index is 3.72. The zero-order valence-corrected chi connectivity index (χ0v) is 13.5. The van der Waals surface area contributed by atoms with Crippen LogP contribution in [0.15, 0.2) is 24.3 Å². The quantitative estimate of drug-likeness (QED) is 0.799. The third-order valence-corrected chi connectivity index (χ3v) is 5.06. The molecule has 0 amide bonds. The molecule has 0 bridgehead atoms. The number of hydrogen-bond acceptors (Lipinski definition) is 1. The highest BCUT2D eigenvalue weighted by Crippen LogP contribution is 2.33. The van der Waals surface area contributed by atoms with Gasteiger partial charge in [-0.2, -0.15) is 0 Å². The maximum Gasteiger partial charge on any atom is 0.00985 e. The molecule has 1 saturated carbocycles. The van der Waals surface area contributed by atoms with E-state index in [-0.39, 0.29) is 0 Å². The summed E-state index contributed by atoms with van der Waals surface area (Å²) in [6, 6.07) is 10.0. The Labute approximate surface area is 125 Å². The lowest BCUT2D eigenvalue weighted by atomic mass is 9.74. The monoisotopic (exact) mass is 273 g/mol. The summed E-state index contributed by atoms with van der Waals surface area (Å²) in [7, 11) is 0.